The lowest BCUT2D eigenvalue weighted by atomic mass is 10.1. The topological polar surface area (TPSA) is 49.4 Å². The molecule has 1 aromatic rings. The summed E-state index contributed by atoms with van der Waals surface area (Å²) in [5, 5.41) is 6.40. The Kier molecular flexibility index (Phi) is 2.73. The average Bonchev–Trinajstić information content (AvgIpc) is 2.74. The van der Waals surface area contributed by atoms with Crippen molar-refractivity contribution in [3.05, 3.63) is 22.4 Å². The smallest absolute Gasteiger partial charge is 0.255 e. The lowest BCUT2D eigenvalue weighted by Crippen LogP contribution is -2.55. The maximum absolute atomic E-state index is 12.0. The Morgan fingerprint density at radius 2 is 2.47 bits per heavy atom. The van der Waals surface area contributed by atoms with E-state index in [9.17, 15) is 9.59 Å². The fourth-order valence-corrected chi connectivity index (χ4v) is 2.24. The number of carbonyl (C=O) groups is 2. The number of nitrogens with zero attached hydrogens (tertiary/aromatic N) is 1. The summed E-state index contributed by atoms with van der Waals surface area (Å²) in [6.07, 6.45) is 0. The Balaban J connectivity index is 2.16. The maximum atomic E-state index is 12.0. The Morgan fingerprint density at radius 3 is 3.13 bits per heavy atom. The first-order chi connectivity index (χ1) is 7.20. The van der Waals surface area contributed by atoms with E-state index in [4.69, 9.17) is 0 Å². The van der Waals surface area contributed by atoms with E-state index in [1.165, 1.54) is 11.3 Å². The third kappa shape index (κ3) is 1.87. The summed E-state index contributed by atoms with van der Waals surface area (Å²) in [5.74, 6) is -0.136. The van der Waals surface area contributed by atoms with E-state index in [2.05, 4.69) is 5.32 Å². The molecule has 1 aliphatic heterocycles. The average molecular weight is 224 g/mol. The molecule has 2 amide bonds. The van der Waals surface area contributed by atoms with Gasteiger partial charge in [0.25, 0.3) is 5.91 Å². The second-order valence-electron chi connectivity index (χ2n) is 3.48. The lowest BCUT2D eigenvalue weighted by molar-refractivity contribution is -0.127. The molecule has 0 aromatic carbocycles. The Hall–Kier alpha value is -1.36. The minimum Gasteiger partial charge on any atom is -0.353 e. The van der Waals surface area contributed by atoms with E-state index in [-0.39, 0.29) is 17.9 Å². The van der Waals surface area contributed by atoms with Crippen LogP contribution in [0.25, 0.3) is 0 Å². The van der Waals surface area contributed by atoms with Gasteiger partial charge in [0.1, 0.15) is 6.04 Å². The normalized spacial score (nSPS) is 21.3. The third-order valence-corrected chi connectivity index (χ3v) is 3.21. The van der Waals surface area contributed by atoms with Crippen molar-refractivity contribution in [2.45, 2.75) is 13.0 Å². The minimum absolute atomic E-state index is 0.0569. The van der Waals surface area contributed by atoms with Crippen LogP contribution in [0.1, 0.15) is 17.3 Å². The molecule has 1 unspecified atom stereocenters. The van der Waals surface area contributed by atoms with Gasteiger partial charge in [-0.05, 0) is 18.4 Å². The van der Waals surface area contributed by atoms with Crippen molar-refractivity contribution < 1.29 is 9.59 Å². The van der Waals surface area contributed by atoms with Gasteiger partial charge in [-0.15, -0.1) is 0 Å². The predicted octanol–water partition coefficient (Wildman–Crippen LogP) is 0.709. The van der Waals surface area contributed by atoms with Crippen molar-refractivity contribution in [2.24, 2.45) is 0 Å². The van der Waals surface area contributed by atoms with Gasteiger partial charge in [-0.1, -0.05) is 0 Å². The fourth-order valence-electron chi connectivity index (χ4n) is 1.61. The Labute approximate surface area is 91.9 Å². The number of piperazine rings is 1. The zero-order chi connectivity index (χ0) is 10.8. The number of hydrogen-bond donors (Lipinski definition) is 1. The first kappa shape index (κ1) is 10.2. The van der Waals surface area contributed by atoms with Crippen LogP contribution in [0.3, 0.4) is 0 Å². The molecule has 5 heteroatoms. The van der Waals surface area contributed by atoms with Gasteiger partial charge in [0.15, 0.2) is 0 Å². The van der Waals surface area contributed by atoms with E-state index in [1.807, 2.05) is 10.8 Å². The number of rotatable bonds is 1. The second-order valence-corrected chi connectivity index (χ2v) is 4.26. The molecule has 1 aromatic heterocycles. The largest absolute Gasteiger partial charge is 0.353 e. The van der Waals surface area contributed by atoms with Crippen molar-refractivity contribution in [3.63, 3.8) is 0 Å². The molecule has 1 fully saturated rings. The van der Waals surface area contributed by atoms with Crippen LogP contribution in [0.2, 0.25) is 0 Å². The van der Waals surface area contributed by atoms with Crippen LogP contribution in [0, 0.1) is 0 Å². The molecule has 80 valence electrons. The van der Waals surface area contributed by atoms with Crippen LogP contribution in [0.15, 0.2) is 16.8 Å². The summed E-state index contributed by atoms with van der Waals surface area (Å²) in [4.78, 5) is 25.0. The number of thiophene rings is 1. The van der Waals surface area contributed by atoms with Gasteiger partial charge in [-0.25, -0.2) is 0 Å². The molecule has 15 heavy (non-hydrogen) atoms. The summed E-state index contributed by atoms with van der Waals surface area (Å²) in [5.41, 5.74) is 0.668. The quantitative estimate of drug-likeness (QED) is 0.763. The molecule has 1 saturated heterocycles. The van der Waals surface area contributed by atoms with E-state index < -0.39 is 0 Å². The highest BCUT2D eigenvalue weighted by Crippen LogP contribution is 2.13. The molecule has 2 rings (SSSR count). The van der Waals surface area contributed by atoms with Gasteiger partial charge in [-0.2, -0.15) is 11.3 Å². The summed E-state index contributed by atoms with van der Waals surface area (Å²) in [6, 6.07) is 1.41. The first-order valence-corrected chi connectivity index (χ1v) is 5.75. The number of carbonyl (C=O) groups excluding carboxylic acids is 2. The standard InChI is InChI=1S/C10H12N2O2S/c1-7-9(13)11-3-4-12(7)10(14)8-2-5-15-6-8/h2,5-7H,3-4H2,1H3,(H,11,13). The summed E-state index contributed by atoms with van der Waals surface area (Å²) >= 11 is 1.49. The van der Waals surface area contributed by atoms with Gasteiger partial charge in [0.2, 0.25) is 5.91 Å². The molecule has 0 aliphatic carbocycles. The molecule has 1 N–H and O–H groups in total. The molecule has 4 nitrogen and oxygen atoms in total. The highest BCUT2D eigenvalue weighted by Gasteiger charge is 2.29. The third-order valence-electron chi connectivity index (χ3n) is 2.53. The van der Waals surface area contributed by atoms with Crippen LogP contribution in [-0.2, 0) is 4.79 Å². The van der Waals surface area contributed by atoms with E-state index in [0.29, 0.717) is 18.7 Å². The van der Waals surface area contributed by atoms with Crippen LogP contribution in [0.5, 0.6) is 0 Å². The SMILES string of the molecule is CC1C(=O)NCCN1C(=O)c1ccsc1. The van der Waals surface area contributed by atoms with Crippen molar-refractivity contribution in [1.82, 2.24) is 10.2 Å². The molecule has 0 saturated carbocycles. The number of hydrogen-bond acceptors (Lipinski definition) is 3. The van der Waals surface area contributed by atoms with Crippen molar-refractivity contribution in [2.75, 3.05) is 13.1 Å². The van der Waals surface area contributed by atoms with Gasteiger partial charge in [0.05, 0.1) is 5.56 Å². The molecule has 1 aliphatic rings. The fraction of sp³-hybridized carbons (Fsp3) is 0.400. The van der Waals surface area contributed by atoms with Crippen LogP contribution >= 0.6 is 11.3 Å². The zero-order valence-corrected chi connectivity index (χ0v) is 9.21. The van der Waals surface area contributed by atoms with Crippen molar-refractivity contribution in [3.8, 4) is 0 Å². The van der Waals surface area contributed by atoms with Crippen molar-refractivity contribution >= 4 is 23.2 Å². The molecule has 1 atom stereocenters. The molecule has 0 radical (unpaired) electrons. The lowest BCUT2D eigenvalue weighted by Gasteiger charge is -2.32. The molecular weight excluding hydrogens is 212 g/mol. The summed E-state index contributed by atoms with van der Waals surface area (Å²) < 4.78 is 0. The van der Waals surface area contributed by atoms with Crippen LogP contribution in [-0.4, -0.2) is 35.8 Å². The van der Waals surface area contributed by atoms with Crippen molar-refractivity contribution in [1.29, 1.82) is 0 Å². The predicted molar refractivity (Wildman–Crippen MR) is 57.8 cm³/mol. The molecule has 0 bridgehead atoms. The minimum atomic E-state index is -0.369. The van der Waals surface area contributed by atoms with E-state index in [0.717, 1.165) is 0 Å². The Bertz CT molecular complexity index is 375. The monoisotopic (exact) mass is 224 g/mol. The van der Waals surface area contributed by atoms with Gasteiger partial charge in [0, 0.05) is 18.5 Å². The van der Waals surface area contributed by atoms with Gasteiger partial charge >= 0.3 is 0 Å². The van der Waals surface area contributed by atoms with Gasteiger partial charge < -0.3 is 10.2 Å². The molecule has 2 heterocycles. The highest BCUT2D eigenvalue weighted by atomic mass is 32.1. The van der Waals surface area contributed by atoms with E-state index in [1.54, 1.807) is 17.9 Å². The van der Waals surface area contributed by atoms with E-state index >= 15 is 0 Å². The number of nitrogens with one attached hydrogen (secondary N) is 1. The Morgan fingerprint density at radius 1 is 1.67 bits per heavy atom. The highest BCUT2D eigenvalue weighted by molar-refractivity contribution is 7.08. The zero-order valence-electron chi connectivity index (χ0n) is 8.40. The molecular formula is C10H12N2O2S. The number of amides is 2. The first-order valence-electron chi connectivity index (χ1n) is 4.81. The molecule has 0 spiro atoms. The summed E-state index contributed by atoms with van der Waals surface area (Å²) in [7, 11) is 0. The second kappa shape index (κ2) is 4.02. The van der Waals surface area contributed by atoms with Gasteiger partial charge in [-0.3, -0.25) is 9.59 Å². The van der Waals surface area contributed by atoms with Crippen LogP contribution in [0.4, 0.5) is 0 Å². The van der Waals surface area contributed by atoms with Crippen LogP contribution < -0.4 is 5.32 Å². The maximum Gasteiger partial charge on any atom is 0.255 e. The summed E-state index contributed by atoms with van der Waals surface area (Å²) in [6.45, 7) is 2.87.